The molecule has 2 aliphatic heterocycles. The zero-order valence-corrected chi connectivity index (χ0v) is 18.0. The van der Waals surface area contributed by atoms with E-state index in [1.807, 2.05) is 18.2 Å². The molecular weight excluding hydrogens is 411 g/mol. The summed E-state index contributed by atoms with van der Waals surface area (Å²) < 4.78 is 0. The summed E-state index contributed by atoms with van der Waals surface area (Å²) in [6.45, 7) is 6.69. The van der Waals surface area contributed by atoms with Crippen molar-refractivity contribution in [3.8, 4) is 5.88 Å². The van der Waals surface area contributed by atoms with Gasteiger partial charge in [0.25, 0.3) is 0 Å². The monoisotopic (exact) mass is 436 g/mol. The number of benzene rings is 1. The highest BCUT2D eigenvalue weighted by atomic mass is 35.5. The summed E-state index contributed by atoms with van der Waals surface area (Å²) in [6.07, 6.45) is 3.68. The summed E-state index contributed by atoms with van der Waals surface area (Å²) >= 11 is 12.3. The Balaban J connectivity index is 1.36. The van der Waals surface area contributed by atoms with E-state index >= 15 is 0 Å². The van der Waals surface area contributed by atoms with Crippen LogP contribution in [0.1, 0.15) is 12.8 Å². The molecule has 4 rings (SSSR count). The van der Waals surface area contributed by atoms with Crippen LogP contribution in [0.5, 0.6) is 5.88 Å². The van der Waals surface area contributed by atoms with Crippen molar-refractivity contribution in [3.05, 3.63) is 34.4 Å². The summed E-state index contributed by atoms with van der Waals surface area (Å²) in [6, 6.07) is 6.51. The van der Waals surface area contributed by atoms with Gasteiger partial charge in [0.1, 0.15) is 5.02 Å². The van der Waals surface area contributed by atoms with E-state index in [0.717, 1.165) is 50.4 Å². The predicted molar refractivity (Wildman–Crippen MR) is 118 cm³/mol. The number of hydrogen-bond donors (Lipinski definition) is 2. The maximum atomic E-state index is 9.61. The molecule has 3 heterocycles. The van der Waals surface area contributed by atoms with Crippen molar-refractivity contribution in [2.45, 2.75) is 18.9 Å². The average molecular weight is 437 g/mol. The number of aromatic nitrogens is 2. The Kier molecular flexibility index (Phi) is 6.29. The second kappa shape index (κ2) is 8.92. The van der Waals surface area contributed by atoms with Crippen LogP contribution >= 0.6 is 23.2 Å². The van der Waals surface area contributed by atoms with Gasteiger partial charge in [-0.1, -0.05) is 23.2 Å². The van der Waals surface area contributed by atoms with Gasteiger partial charge in [-0.2, -0.15) is 4.98 Å². The minimum Gasteiger partial charge on any atom is -0.492 e. The molecule has 2 aromatic rings. The van der Waals surface area contributed by atoms with Crippen molar-refractivity contribution < 1.29 is 5.11 Å². The maximum Gasteiger partial charge on any atom is 0.235 e. The molecule has 156 valence electrons. The molecule has 29 heavy (non-hydrogen) atoms. The number of piperazine rings is 1. The van der Waals surface area contributed by atoms with E-state index in [1.54, 1.807) is 0 Å². The molecule has 7 nitrogen and oxygen atoms in total. The third-order valence-corrected chi connectivity index (χ3v) is 6.36. The van der Waals surface area contributed by atoms with E-state index in [-0.39, 0.29) is 16.9 Å². The van der Waals surface area contributed by atoms with Gasteiger partial charge in [-0.25, -0.2) is 4.98 Å². The fourth-order valence-electron chi connectivity index (χ4n) is 4.05. The second-order valence-corrected chi connectivity index (χ2v) is 8.53. The van der Waals surface area contributed by atoms with Crippen molar-refractivity contribution in [1.29, 1.82) is 0 Å². The van der Waals surface area contributed by atoms with Gasteiger partial charge in [0.05, 0.1) is 16.9 Å². The quantitative estimate of drug-likeness (QED) is 0.760. The van der Waals surface area contributed by atoms with Crippen LogP contribution in [0.2, 0.25) is 10.0 Å². The van der Waals surface area contributed by atoms with E-state index in [4.69, 9.17) is 23.2 Å². The first-order valence-corrected chi connectivity index (χ1v) is 10.7. The van der Waals surface area contributed by atoms with Crippen molar-refractivity contribution in [2.75, 3.05) is 56.5 Å². The lowest BCUT2D eigenvalue weighted by Gasteiger charge is -2.42. The molecule has 2 fully saturated rings. The summed E-state index contributed by atoms with van der Waals surface area (Å²) in [4.78, 5) is 15.4. The number of aromatic hydroxyl groups is 1. The van der Waals surface area contributed by atoms with Gasteiger partial charge in [0.2, 0.25) is 11.8 Å². The summed E-state index contributed by atoms with van der Waals surface area (Å²) in [7, 11) is 2.20. The molecule has 0 spiro atoms. The molecule has 0 bridgehead atoms. The number of likely N-dealkylation sites (N-methyl/N-ethyl adjacent to an activating group) is 1. The number of rotatable bonds is 4. The zero-order chi connectivity index (χ0) is 20.4. The van der Waals surface area contributed by atoms with E-state index in [2.05, 4.69) is 37.0 Å². The van der Waals surface area contributed by atoms with Gasteiger partial charge < -0.3 is 20.2 Å². The fraction of sp³-hybridized carbons (Fsp3) is 0.500. The third-order valence-electron chi connectivity index (χ3n) is 5.79. The molecule has 2 aliphatic rings. The Morgan fingerprint density at radius 2 is 1.76 bits per heavy atom. The highest BCUT2D eigenvalue weighted by Gasteiger charge is 2.27. The minimum atomic E-state index is -0.255. The summed E-state index contributed by atoms with van der Waals surface area (Å²) in [5.41, 5.74) is 1.81. The van der Waals surface area contributed by atoms with Crippen LogP contribution in [0, 0.1) is 0 Å². The second-order valence-electron chi connectivity index (χ2n) is 7.71. The van der Waals surface area contributed by atoms with Crippen LogP contribution in [-0.2, 0) is 0 Å². The van der Waals surface area contributed by atoms with Gasteiger partial charge in [-0.15, -0.1) is 0 Å². The van der Waals surface area contributed by atoms with E-state index < -0.39 is 0 Å². The Morgan fingerprint density at radius 3 is 2.41 bits per heavy atom. The van der Waals surface area contributed by atoms with Crippen LogP contribution in [0.25, 0.3) is 0 Å². The molecule has 9 heteroatoms. The number of halogens is 2. The molecule has 1 aromatic carbocycles. The van der Waals surface area contributed by atoms with Gasteiger partial charge in [0, 0.05) is 51.0 Å². The van der Waals surface area contributed by atoms with Gasteiger partial charge in [-0.05, 0) is 38.1 Å². The minimum absolute atomic E-state index is 0.115. The Labute approximate surface area is 181 Å². The van der Waals surface area contributed by atoms with Crippen LogP contribution in [0.15, 0.2) is 24.4 Å². The van der Waals surface area contributed by atoms with Crippen LogP contribution in [0.3, 0.4) is 0 Å². The number of piperidine rings is 1. The maximum absolute atomic E-state index is 9.61. The average Bonchev–Trinajstić information content (AvgIpc) is 2.72. The molecule has 0 radical (unpaired) electrons. The molecule has 0 aliphatic carbocycles. The van der Waals surface area contributed by atoms with Gasteiger partial charge >= 0.3 is 0 Å². The van der Waals surface area contributed by atoms with E-state index in [1.165, 1.54) is 19.3 Å². The topological polar surface area (TPSA) is 67.8 Å². The van der Waals surface area contributed by atoms with Crippen molar-refractivity contribution in [1.82, 2.24) is 19.8 Å². The lowest BCUT2D eigenvalue weighted by molar-refractivity contribution is 0.0982. The Bertz CT molecular complexity index is 851. The lowest BCUT2D eigenvalue weighted by Crippen LogP contribution is -2.52. The number of anilines is 3. The first kappa shape index (κ1) is 20.5. The van der Waals surface area contributed by atoms with Gasteiger partial charge in [0.15, 0.2) is 0 Å². The molecule has 0 amide bonds. The molecule has 1 aromatic heterocycles. The van der Waals surface area contributed by atoms with Gasteiger partial charge in [-0.3, -0.25) is 4.90 Å². The number of hydrogen-bond acceptors (Lipinski definition) is 7. The zero-order valence-electron chi connectivity index (χ0n) is 16.5. The highest BCUT2D eigenvalue weighted by Crippen LogP contribution is 2.32. The highest BCUT2D eigenvalue weighted by molar-refractivity contribution is 6.33. The first-order chi connectivity index (χ1) is 14.0. The lowest BCUT2D eigenvalue weighted by atomic mass is 10.0. The molecule has 2 saturated heterocycles. The van der Waals surface area contributed by atoms with E-state index in [9.17, 15) is 5.11 Å². The number of nitrogens with one attached hydrogen (secondary N) is 1. The smallest absolute Gasteiger partial charge is 0.235 e. The van der Waals surface area contributed by atoms with Crippen molar-refractivity contribution in [2.24, 2.45) is 0 Å². The standard InChI is InChI=1S/C20H26Cl2N6O/c1-26-8-10-27(11-9-26)15-4-6-28(7-5-15)18-3-2-14(12-16(18)21)24-20-23-13-17(22)19(29)25-20/h2-3,12-13,15H,4-11H2,1H3,(H2,23,24,25,29). The van der Waals surface area contributed by atoms with Crippen molar-refractivity contribution in [3.63, 3.8) is 0 Å². The summed E-state index contributed by atoms with van der Waals surface area (Å²) in [5.74, 6) is 0.0128. The van der Waals surface area contributed by atoms with E-state index in [0.29, 0.717) is 11.1 Å². The molecule has 0 atom stereocenters. The molecule has 0 saturated carbocycles. The predicted octanol–water partition coefficient (Wildman–Crippen LogP) is 3.45. The Morgan fingerprint density at radius 1 is 1.03 bits per heavy atom. The SMILES string of the molecule is CN1CCN(C2CCN(c3ccc(Nc4ncc(Cl)c(O)n4)cc3Cl)CC2)CC1. The van der Waals surface area contributed by atoms with Crippen LogP contribution < -0.4 is 10.2 Å². The normalized spacial score (nSPS) is 19.5. The number of nitrogens with zero attached hydrogens (tertiary/aromatic N) is 5. The summed E-state index contributed by atoms with van der Waals surface area (Å²) in [5, 5.41) is 13.5. The van der Waals surface area contributed by atoms with Crippen LogP contribution in [0.4, 0.5) is 17.3 Å². The fourth-order valence-corrected chi connectivity index (χ4v) is 4.44. The molecule has 2 N–H and O–H groups in total. The van der Waals surface area contributed by atoms with Crippen LogP contribution in [-0.4, -0.2) is 77.2 Å². The molecule has 0 unspecified atom stereocenters. The van der Waals surface area contributed by atoms with Crippen molar-refractivity contribution >= 4 is 40.5 Å². The molecular formula is C20H26Cl2N6O. The Hall–Kier alpha value is -1.80. The first-order valence-electron chi connectivity index (χ1n) is 9.95. The third kappa shape index (κ3) is 4.86. The largest absolute Gasteiger partial charge is 0.492 e.